The lowest BCUT2D eigenvalue weighted by Gasteiger charge is -2.37. The number of piperidine rings is 2. The molecule has 3 heteroatoms. The third-order valence-corrected chi connectivity index (χ3v) is 9.34. The third kappa shape index (κ3) is 12.3. The molecule has 0 bridgehead atoms. The van der Waals surface area contributed by atoms with Crippen LogP contribution in [0.3, 0.4) is 0 Å². The molecule has 0 spiro atoms. The van der Waals surface area contributed by atoms with Crippen molar-refractivity contribution in [3.05, 3.63) is 0 Å². The minimum atomic E-state index is 0.742. The van der Waals surface area contributed by atoms with Gasteiger partial charge in [0.2, 0.25) is 0 Å². The molecule has 3 saturated heterocycles. The number of rotatable bonds is 6. The summed E-state index contributed by atoms with van der Waals surface area (Å²) < 4.78 is 0. The maximum Gasteiger partial charge on any atom is 0.00387 e. The van der Waals surface area contributed by atoms with Crippen LogP contribution in [-0.2, 0) is 0 Å². The fraction of sp³-hybridized carbons (Fsp3) is 1.00. The summed E-state index contributed by atoms with van der Waals surface area (Å²) in [6.45, 7) is 35.9. The van der Waals surface area contributed by atoms with Gasteiger partial charge in [-0.05, 0) is 135 Å². The van der Waals surface area contributed by atoms with Crippen LogP contribution in [0.1, 0.15) is 115 Å². The first kappa shape index (κ1) is 32.9. The zero-order valence-corrected chi connectivity index (χ0v) is 26.3. The molecule has 0 aromatic heterocycles. The van der Waals surface area contributed by atoms with Crippen molar-refractivity contribution in [1.29, 1.82) is 0 Å². The molecule has 0 saturated carbocycles. The second kappa shape index (κ2) is 16.7. The van der Waals surface area contributed by atoms with Crippen LogP contribution in [0, 0.1) is 35.5 Å². The zero-order chi connectivity index (χ0) is 26.7. The molecule has 0 N–H and O–H groups in total. The molecule has 3 rings (SSSR count). The molecule has 3 heterocycles. The molecule has 3 nitrogen and oxygen atoms in total. The zero-order valence-electron chi connectivity index (χ0n) is 26.3. The van der Waals surface area contributed by atoms with Gasteiger partial charge in [-0.25, -0.2) is 0 Å². The van der Waals surface area contributed by atoms with E-state index in [9.17, 15) is 0 Å². The van der Waals surface area contributed by atoms with E-state index in [1.807, 2.05) is 0 Å². The first-order chi connectivity index (χ1) is 16.3. The topological polar surface area (TPSA) is 9.72 Å². The number of nitrogens with zero attached hydrogens (tertiary/aromatic N) is 3. The minimum Gasteiger partial charge on any atom is -0.301 e. The highest BCUT2D eigenvalue weighted by atomic mass is 15.2. The van der Waals surface area contributed by atoms with E-state index in [0.717, 1.165) is 53.6 Å². The Hall–Kier alpha value is -0.120. The van der Waals surface area contributed by atoms with Crippen LogP contribution >= 0.6 is 0 Å². The minimum absolute atomic E-state index is 0.742. The predicted octanol–water partition coefficient (Wildman–Crippen LogP) is 7.90. The number of hydrogen-bond acceptors (Lipinski definition) is 3. The Morgan fingerprint density at radius 3 is 1.09 bits per heavy atom. The third-order valence-electron chi connectivity index (χ3n) is 9.34. The van der Waals surface area contributed by atoms with Crippen molar-refractivity contribution in [3.63, 3.8) is 0 Å². The van der Waals surface area contributed by atoms with Gasteiger partial charge < -0.3 is 14.7 Å². The van der Waals surface area contributed by atoms with Crippen LogP contribution < -0.4 is 0 Å². The monoisotopic (exact) mass is 494 g/mol. The van der Waals surface area contributed by atoms with Crippen LogP contribution in [0.25, 0.3) is 0 Å². The van der Waals surface area contributed by atoms with Gasteiger partial charge in [0.25, 0.3) is 0 Å². The van der Waals surface area contributed by atoms with E-state index in [2.05, 4.69) is 97.8 Å². The summed E-state index contributed by atoms with van der Waals surface area (Å²) in [7, 11) is 0. The van der Waals surface area contributed by atoms with E-state index in [4.69, 9.17) is 0 Å². The molecule has 0 amide bonds. The molecule has 0 aliphatic carbocycles. The van der Waals surface area contributed by atoms with E-state index in [-0.39, 0.29) is 0 Å². The van der Waals surface area contributed by atoms with Gasteiger partial charge in [-0.2, -0.15) is 0 Å². The molecular weight excluding hydrogens is 426 g/mol. The van der Waals surface area contributed by atoms with Crippen molar-refractivity contribution in [2.75, 3.05) is 39.3 Å². The lowest BCUT2D eigenvalue weighted by atomic mass is 9.86. The Morgan fingerprint density at radius 1 is 0.400 bits per heavy atom. The Labute approximate surface area is 222 Å². The Bertz CT molecular complexity index is 473. The summed E-state index contributed by atoms with van der Waals surface area (Å²) in [5.74, 6) is 5.52. The standard InChI is InChI=1S/2C11H23N.C10H21N/c1-9(2)11-5-7-12(8-6-11)10(3)4;1-9(2)11-6-5-7-12(8-11)10(3)4;1-8(2)10-5-6-11(7-10)9(3)4/h2*9-11H,5-8H2,1-4H3;8-10H,5-7H2,1-4H3. The largest absolute Gasteiger partial charge is 0.301 e. The highest BCUT2D eigenvalue weighted by molar-refractivity contribution is 4.79. The predicted molar refractivity (Wildman–Crippen MR) is 158 cm³/mol. The quantitative estimate of drug-likeness (QED) is 0.372. The molecule has 0 aromatic carbocycles. The van der Waals surface area contributed by atoms with Crippen LogP contribution in [0.2, 0.25) is 0 Å². The summed E-state index contributed by atoms with van der Waals surface area (Å²) in [4.78, 5) is 7.80. The molecule has 0 aromatic rings. The Balaban J connectivity index is 0.000000263. The summed E-state index contributed by atoms with van der Waals surface area (Å²) in [5.41, 5.74) is 0. The highest BCUT2D eigenvalue weighted by Gasteiger charge is 2.26. The molecule has 35 heavy (non-hydrogen) atoms. The second-order valence-electron chi connectivity index (χ2n) is 13.8. The SMILES string of the molecule is CC(C)C1CCCN(C(C)C)C1.CC(C)C1CCN(C(C)C)C1.CC(C)C1CCN(C(C)C)CC1. The van der Waals surface area contributed by atoms with E-state index >= 15 is 0 Å². The van der Waals surface area contributed by atoms with Gasteiger partial charge in [0, 0.05) is 31.2 Å². The van der Waals surface area contributed by atoms with E-state index in [1.54, 1.807) is 0 Å². The van der Waals surface area contributed by atoms with Crippen molar-refractivity contribution < 1.29 is 0 Å². The molecule has 3 aliphatic rings. The first-order valence-corrected chi connectivity index (χ1v) is 15.5. The average Bonchev–Trinajstić information content (AvgIpc) is 3.31. The van der Waals surface area contributed by atoms with E-state index in [0.29, 0.717) is 0 Å². The van der Waals surface area contributed by atoms with Crippen LogP contribution in [0.4, 0.5) is 0 Å². The molecule has 2 unspecified atom stereocenters. The van der Waals surface area contributed by atoms with Gasteiger partial charge in [-0.1, -0.05) is 41.5 Å². The van der Waals surface area contributed by atoms with Gasteiger partial charge in [-0.15, -0.1) is 0 Å². The summed E-state index contributed by atoms with van der Waals surface area (Å²) >= 11 is 0. The van der Waals surface area contributed by atoms with Crippen molar-refractivity contribution in [3.8, 4) is 0 Å². The van der Waals surface area contributed by atoms with Gasteiger partial charge >= 0.3 is 0 Å². The molecule has 3 aliphatic heterocycles. The van der Waals surface area contributed by atoms with E-state index < -0.39 is 0 Å². The summed E-state index contributed by atoms with van der Waals surface area (Å²) in [6.07, 6.45) is 7.09. The second-order valence-corrected chi connectivity index (χ2v) is 13.8. The number of hydrogen-bond donors (Lipinski definition) is 0. The van der Waals surface area contributed by atoms with Crippen molar-refractivity contribution >= 4 is 0 Å². The fourth-order valence-electron chi connectivity index (χ4n) is 5.98. The van der Waals surface area contributed by atoms with Gasteiger partial charge in [-0.3, -0.25) is 0 Å². The Morgan fingerprint density at radius 2 is 0.743 bits per heavy atom. The van der Waals surface area contributed by atoms with Crippen LogP contribution in [0.5, 0.6) is 0 Å². The first-order valence-electron chi connectivity index (χ1n) is 15.5. The fourth-order valence-corrected chi connectivity index (χ4v) is 5.98. The summed E-state index contributed by atoms with van der Waals surface area (Å²) in [5, 5.41) is 0. The van der Waals surface area contributed by atoms with Gasteiger partial charge in [0.1, 0.15) is 0 Å². The van der Waals surface area contributed by atoms with Crippen LogP contribution in [-0.4, -0.2) is 72.1 Å². The lowest BCUT2D eigenvalue weighted by Crippen LogP contribution is -2.41. The van der Waals surface area contributed by atoms with E-state index in [1.165, 1.54) is 71.4 Å². The van der Waals surface area contributed by atoms with Gasteiger partial charge in [0.05, 0.1) is 0 Å². The molecular formula is C32H67N3. The van der Waals surface area contributed by atoms with Gasteiger partial charge in [0.15, 0.2) is 0 Å². The molecule has 210 valence electrons. The Kier molecular flexibility index (Phi) is 15.7. The van der Waals surface area contributed by atoms with Crippen molar-refractivity contribution in [1.82, 2.24) is 14.7 Å². The number of likely N-dealkylation sites (tertiary alicyclic amines) is 3. The lowest BCUT2D eigenvalue weighted by molar-refractivity contribution is 0.117. The maximum atomic E-state index is 2.62. The van der Waals surface area contributed by atoms with Crippen molar-refractivity contribution in [2.24, 2.45) is 35.5 Å². The smallest absolute Gasteiger partial charge is 0.00387 e. The highest BCUT2D eigenvalue weighted by Crippen LogP contribution is 2.26. The average molecular weight is 494 g/mol. The van der Waals surface area contributed by atoms with Crippen LogP contribution in [0.15, 0.2) is 0 Å². The molecule has 2 atom stereocenters. The van der Waals surface area contributed by atoms with Crippen molar-refractivity contribution in [2.45, 2.75) is 133 Å². The summed E-state index contributed by atoms with van der Waals surface area (Å²) in [6, 6.07) is 2.24. The maximum absolute atomic E-state index is 2.62. The normalized spacial score (nSPS) is 25.5. The molecule has 0 radical (unpaired) electrons. The molecule has 3 fully saturated rings.